The van der Waals surface area contributed by atoms with Crippen LogP contribution in [-0.4, -0.2) is 13.2 Å². The molecule has 0 aromatic heterocycles. The molecule has 1 aromatic rings. The van der Waals surface area contributed by atoms with Gasteiger partial charge in [-0.2, -0.15) is 0 Å². The van der Waals surface area contributed by atoms with Crippen LogP contribution in [0.3, 0.4) is 0 Å². The number of methoxy groups -OCH3 is 1. The predicted octanol–water partition coefficient (Wildman–Crippen LogP) is 2.92. The minimum Gasteiger partial charge on any atom is -0.382 e. The summed E-state index contributed by atoms with van der Waals surface area (Å²) in [7, 11) is 1.66. The summed E-state index contributed by atoms with van der Waals surface area (Å²) in [5, 5.41) is 1.29. The van der Waals surface area contributed by atoms with Crippen LogP contribution >= 0.6 is 23.2 Å². The van der Waals surface area contributed by atoms with Gasteiger partial charge in [-0.1, -0.05) is 23.2 Å². The van der Waals surface area contributed by atoms with Crippen LogP contribution in [0.4, 0.5) is 0 Å². The highest BCUT2D eigenvalue weighted by Gasteiger charge is 2.16. The fourth-order valence-electron chi connectivity index (χ4n) is 1.49. The third-order valence-corrected chi connectivity index (χ3v) is 3.08. The highest BCUT2D eigenvalue weighted by atomic mass is 35.5. The summed E-state index contributed by atoms with van der Waals surface area (Å²) in [4.78, 5) is 0. The smallest absolute Gasteiger partial charge is 0.0561 e. The van der Waals surface area contributed by atoms with Gasteiger partial charge in [0.1, 0.15) is 0 Å². The van der Waals surface area contributed by atoms with Crippen molar-refractivity contribution in [1.29, 1.82) is 0 Å². The topological polar surface area (TPSA) is 47.3 Å². The highest BCUT2D eigenvalue weighted by Crippen LogP contribution is 2.28. The first kappa shape index (κ1) is 13.7. The van der Waals surface area contributed by atoms with Gasteiger partial charge in [0, 0.05) is 23.2 Å². The van der Waals surface area contributed by atoms with Crippen molar-refractivity contribution in [2.24, 2.45) is 5.84 Å². The molecule has 0 amide bonds. The Bertz CT molecular complexity index is 347. The fourth-order valence-corrected chi connectivity index (χ4v) is 1.92. The van der Waals surface area contributed by atoms with E-state index in [-0.39, 0.29) is 12.1 Å². The first-order valence-electron chi connectivity index (χ1n) is 5.02. The molecule has 2 atom stereocenters. The van der Waals surface area contributed by atoms with E-state index in [1.54, 1.807) is 19.2 Å². The number of benzene rings is 1. The second kappa shape index (κ2) is 6.42. The van der Waals surface area contributed by atoms with Crippen molar-refractivity contribution in [2.45, 2.75) is 25.5 Å². The number of nitrogens with one attached hydrogen (secondary N) is 1. The molecule has 0 saturated carbocycles. The third-order valence-electron chi connectivity index (χ3n) is 2.50. The highest BCUT2D eigenvalue weighted by molar-refractivity contribution is 6.33. The van der Waals surface area contributed by atoms with Gasteiger partial charge in [-0.05, 0) is 37.1 Å². The summed E-state index contributed by atoms with van der Waals surface area (Å²) in [5.41, 5.74) is 3.62. The van der Waals surface area contributed by atoms with Crippen LogP contribution < -0.4 is 11.3 Å². The van der Waals surface area contributed by atoms with E-state index in [1.807, 2.05) is 13.0 Å². The molecule has 0 bridgehead atoms. The van der Waals surface area contributed by atoms with Crippen LogP contribution in [0.5, 0.6) is 0 Å². The maximum Gasteiger partial charge on any atom is 0.0561 e. The SMILES string of the molecule is COC(C)CC(NN)c1cc(Cl)ccc1Cl. The van der Waals surface area contributed by atoms with Gasteiger partial charge in [0.15, 0.2) is 0 Å². The normalized spacial score (nSPS) is 14.8. The lowest BCUT2D eigenvalue weighted by Gasteiger charge is -2.21. The summed E-state index contributed by atoms with van der Waals surface area (Å²) in [6, 6.07) is 5.26. The fraction of sp³-hybridized carbons (Fsp3) is 0.455. The predicted molar refractivity (Wildman–Crippen MR) is 67.6 cm³/mol. The number of ether oxygens (including phenoxy) is 1. The molecule has 3 nitrogen and oxygen atoms in total. The van der Waals surface area contributed by atoms with E-state index < -0.39 is 0 Å². The maximum atomic E-state index is 6.10. The summed E-state index contributed by atoms with van der Waals surface area (Å²) >= 11 is 12.0. The molecular formula is C11H16Cl2N2O. The van der Waals surface area contributed by atoms with Crippen molar-refractivity contribution in [3.8, 4) is 0 Å². The molecule has 0 aliphatic heterocycles. The average molecular weight is 263 g/mol. The van der Waals surface area contributed by atoms with Crippen LogP contribution in [0.25, 0.3) is 0 Å². The van der Waals surface area contributed by atoms with Crippen molar-refractivity contribution in [2.75, 3.05) is 7.11 Å². The molecule has 90 valence electrons. The zero-order chi connectivity index (χ0) is 12.1. The molecule has 2 unspecified atom stereocenters. The number of nitrogens with two attached hydrogens (primary N) is 1. The van der Waals surface area contributed by atoms with Gasteiger partial charge in [0.2, 0.25) is 0 Å². The largest absolute Gasteiger partial charge is 0.382 e. The van der Waals surface area contributed by atoms with E-state index in [0.29, 0.717) is 10.0 Å². The summed E-state index contributed by atoms with van der Waals surface area (Å²) < 4.78 is 5.20. The van der Waals surface area contributed by atoms with Gasteiger partial charge in [0.25, 0.3) is 0 Å². The third kappa shape index (κ3) is 3.61. The van der Waals surface area contributed by atoms with Gasteiger partial charge in [-0.3, -0.25) is 11.3 Å². The standard InChI is InChI=1S/C11H16Cl2N2O/c1-7(16-2)5-11(15-14)9-6-8(12)3-4-10(9)13/h3-4,6-7,11,15H,5,14H2,1-2H3. The van der Waals surface area contributed by atoms with Crippen molar-refractivity contribution in [1.82, 2.24) is 5.43 Å². The van der Waals surface area contributed by atoms with Crippen LogP contribution in [0.15, 0.2) is 18.2 Å². The molecule has 0 saturated heterocycles. The molecular weight excluding hydrogens is 247 g/mol. The van der Waals surface area contributed by atoms with Crippen molar-refractivity contribution in [3.05, 3.63) is 33.8 Å². The maximum absolute atomic E-state index is 6.10. The second-order valence-corrected chi connectivity index (χ2v) is 4.51. The number of hydrogen-bond donors (Lipinski definition) is 2. The Morgan fingerprint density at radius 2 is 2.12 bits per heavy atom. The lowest BCUT2D eigenvalue weighted by atomic mass is 10.0. The Hall–Kier alpha value is -0.320. The zero-order valence-corrected chi connectivity index (χ0v) is 10.8. The number of halogens is 2. The molecule has 0 fully saturated rings. The van der Waals surface area contributed by atoms with E-state index in [9.17, 15) is 0 Å². The van der Waals surface area contributed by atoms with Gasteiger partial charge >= 0.3 is 0 Å². The molecule has 1 aromatic carbocycles. The van der Waals surface area contributed by atoms with Crippen molar-refractivity contribution in [3.63, 3.8) is 0 Å². The Balaban J connectivity index is 2.89. The van der Waals surface area contributed by atoms with E-state index >= 15 is 0 Å². The van der Waals surface area contributed by atoms with Crippen LogP contribution in [0, 0.1) is 0 Å². The number of hydrogen-bond acceptors (Lipinski definition) is 3. The first-order valence-corrected chi connectivity index (χ1v) is 5.78. The molecule has 1 rings (SSSR count). The van der Waals surface area contributed by atoms with Crippen LogP contribution in [0.2, 0.25) is 10.0 Å². The molecule has 3 N–H and O–H groups in total. The molecule has 5 heteroatoms. The molecule has 0 radical (unpaired) electrons. The Morgan fingerprint density at radius 3 is 2.69 bits per heavy atom. The molecule has 16 heavy (non-hydrogen) atoms. The van der Waals surface area contributed by atoms with Gasteiger partial charge in [0.05, 0.1) is 6.10 Å². The second-order valence-electron chi connectivity index (χ2n) is 3.67. The summed E-state index contributed by atoms with van der Waals surface area (Å²) in [6.07, 6.45) is 0.823. The van der Waals surface area contributed by atoms with E-state index in [2.05, 4.69) is 5.43 Å². The lowest BCUT2D eigenvalue weighted by molar-refractivity contribution is 0.100. The summed E-state index contributed by atoms with van der Waals surface area (Å²) in [5.74, 6) is 5.52. The van der Waals surface area contributed by atoms with Crippen molar-refractivity contribution < 1.29 is 4.74 Å². The van der Waals surface area contributed by atoms with Gasteiger partial charge in [-0.15, -0.1) is 0 Å². The minimum atomic E-state index is -0.0684. The molecule has 0 spiro atoms. The monoisotopic (exact) mass is 262 g/mol. The first-order chi connectivity index (χ1) is 7.58. The Kier molecular flexibility index (Phi) is 5.52. The molecule has 0 aliphatic carbocycles. The van der Waals surface area contributed by atoms with Crippen LogP contribution in [-0.2, 0) is 4.74 Å². The van der Waals surface area contributed by atoms with Gasteiger partial charge < -0.3 is 4.74 Å². The Morgan fingerprint density at radius 1 is 1.44 bits per heavy atom. The van der Waals surface area contributed by atoms with E-state index in [1.165, 1.54) is 0 Å². The zero-order valence-electron chi connectivity index (χ0n) is 9.34. The average Bonchev–Trinajstić information content (AvgIpc) is 2.29. The van der Waals surface area contributed by atoms with E-state index in [4.69, 9.17) is 33.8 Å². The molecule has 0 heterocycles. The quantitative estimate of drug-likeness (QED) is 0.634. The number of hydrazine groups is 1. The molecule has 0 aliphatic rings. The number of rotatable bonds is 5. The Labute approximate surface area is 106 Å². The van der Waals surface area contributed by atoms with Gasteiger partial charge in [-0.25, -0.2) is 0 Å². The van der Waals surface area contributed by atoms with E-state index in [0.717, 1.165) is 12.0 Å². The van der Waals surface area contributed by atoms with Crippen molar-refractivity contribution >= 4 is 23.2 Å². The lowest BCUT2D eigenvalue weighted by Crippen LogP contribution is -2.31. The summed E-state index contributed by atoms with van der Waals surface area (Å²) in [6.45, 7) is 1.97. The minimum absolute atomic E-state index is 0.0684. The van der Waals surface area contributed by atoms with Crippen LogP contribution in [0.1, 0.15) is 24.9 Å².